The van der Waals surface area contributed by atoms with Gasteiger partial charge in [0.25, 0.3) is 0 Å². The molecule has 11 nitrogen and oxygen atoms in total. The van der Waals surface area contributed by atoms with E-state index in [1.807, 2.05) is 18.2 Å². The number of imidazole rings is 1. The summed E-state index contributed by atoms with van der Waals surface area (Å²) < 4.78 is 18.3. The van der Waals surface area contributed by atoms with Crippen molar-refractivity contribution in [3.63, 3.8) is 0 Å². The lowest BCUT2D eigenvalue weighted by Gasteiger charge is -2.19. The van der Waals surface area contributed by atoms with Gasteiger partial charge in [0.05, 0.1) is 12.9 Å². The van der Waals surface area contributed by atoms with Crippen LogP contribution in [0, 0.1) is 0 Å². The first-order chi connectivity index (χ1) is 14.7. The first-order valence-corrected chi connectivity index (χ1v) is 9.58. The Hall–Kier alpha value is -2.99. The second-order valence-electron chi connectivity index (χ2n) is 7.11. The van der Waals surface area contributed by atoms with Gasteiger partial charge in [0.1, 0.15) is 37.9 Å². The zero-order valence-corrected chi connectivity index (χ0v) is 15.9. The van der Waals surface area contributed by atoms with Crippen LogP contribution in [0.25, 0.3) is 11.2 Å². The number of hydrogen-bond donors (Lipinski definition) is 4. The van der Waals surface area contributed by atoms with Crippen molar-refractivity contribution in [2.45, 2.75) is 31.1 Å². The molecule has 3 aromatic rings. The summed E-state index contributed by atoms with van der Waals surface area (Å²) in [6.45, 7) is 1.14. The maximum absolute atomic E-state index is 10.3. The number of hydrogen-bond acceptors (Lipinski definition) is 10. The van der Waals surface area contributed by atoms with Gasteiger partial charge in [-0.2, -0.15) is 0 Å². The Morgan fingerprint density at radius 2 is 1.90 bits per heavy atom. The molecule has 0 unspecified atom stereocenters. The number of aliphatic hydroxyl groups excluding tert-OH is 3. The summed E-state index contributed by atoms with van der Waals surface area (Å²) in [7, 11) is 0. The molecule has 158 valence electrons. The van der Waals surface area contributed by atoms with E-state index in [0.29, 0.717) is 42.5 Å². The Labute approximate surface area is 170 Å². The van der Waals surface area contributed by atoms with Crippen molar-refractivity contribution >= 4 is 17.0 Å². The van der Waals surface area contributed by atoms with E-state index in [0.717, 1.165) is 11.3 Å². The number of ether oxygens (including phenoxy) is 3. The topological polar surface area (TPSA) is 144 Å². The second kappa shape index (κ2) is 7.69. The quantitative estimate of drug-likeness (QED) is 0.443. The predicted molar refractivity (Wildman–Crippen MR) is 103 cm³/mol. The average Bonchev–Trinajstić information content (AvgIpc) is 3.33. The molecule has 4 N–H and O–H groups in total. The van der Waals surface area contributed by atoms with Crippen LogP contribution in [0.2, 0.25) is 0 Å². The molecule has 0 saturated carbocycles. The molecular weight excluding hydrogens is 394 g/mol. The zero-order valence-electron chi connectivity index (χ0n) is 15.9. The number of fused-ring (bicyclic) bond motifs is 2. The van der Waals surface area contributed by atoms with E-state index in [9.17, 15) is 15.3 Å². The van der Waals surface area contributed by atoms with Crippen molar-refractivity contribution < 1.29 is 29.5 Å². The molecule has 0 aliphatic carbocycles. The van der Waals surface area contributed by atoms with Gasteiger partial charge in [0.15, 0.2) is 34.7 Å². The molecule has 0 spiro atoms. The van der Waals surface area contributed by atoms with Crippen LogP contribution < -0.4 is 14.8 Å². The van der Waals surface area contributed by atoms with E-state index in [-0.39, 0.29) is 0 Å². The summed E-state index contributed by atoms with van der Waals surface area (Å²) in [5.74, 6) is 1.95. The van der Waals surface area contributed by atoms with Crippen LogP contribution in [0.3, 0.4) is 0 Å². The third kappa shape index (κ3) is 3.21. The lowest BCUT2D eigenvalue weighted by Crippen LogP contribution is -2.33. The van der Waals surface area contributed by atoms with Crippen LogP contribution in [0.4, 0.5) is 5.82 Å². The molecule has 4 heterocycles. The highest BCUT2D eigenvalue weighted by Gasteiger charge is 2.44. The largest absolute Gasteiger partial charge is 0.486 e. The lowest BCUT2D eigenvalue weighted by atomic mass is 10.1. The summed E-state index contributed by atoms with van der Waals surface area (Å²) in [5.41, 5.74) is 1.91. The van der Waals surface area contributed by atoms with E-state index >= 15 is 0 Å². The lowest BCUT2D eigenvalue weighted by molar-refractivity contribution is -0.0511. The summed E-state index contributed by atoms with van der Waals surface area (Å²) in [6.07, 6.45) is -1.36. The Kier molecular flexibility index (Phi) is 4.87. The van der Waals surface area contributed by atoms with Crippen LogP contribution >= 0.6 is 0 Å². The third-order valence-electron chi connectivity index (χ3n) is 5.22. The second-order valence-corrected chi connectivity index (χ2v) is 7.11. The molecule has 2 aromatic heterocycles. The third-order valence-corrected chi connectivity index (χ3v) is 5.22. The van der Waals surface area contributed by atoms with E-state index in [1.54, 1.807) is 0 Å². The molecule has 1 aromatic carbocycles. The Morgan fingerprint density at radius 3 is 2.70 bits per heavy atom. The van der Waals surface area contributed by atoms with Gasteiger partial charge in [-0.05, 0) is 17.7 Å². The fraction of sp³-hybridized carbons (Fsp3) is 0.421. The minimum Gasteiger partial charge on any atom is -0.486 e. The standard InChI is InChI=1S/C19H21N5O6/c25-7-13-15(26)16(27)19(30-13)24-9-23-14-17(21-8-22-18(14)24)20-6-10-1-2-11-12(5-10)29-4-3-28-11/h1-2,5,8-9,13,15-16,19,25-27H,3-4,6-7H2,(H,20,21,22)/t13-,15-,16-,19-/m1/s1. The number of nitrogens with one attached hydrogen (secondary N) is 1. The number of nitrogens with zero attached hydrogens (tertiary/aromatic N) is 4. The summed E-state index contributed by atoms with van der Waals surface area (Å²) >= 11 is 0. The molecule has 1 saturated heterocycles. The van der Waals surface area contributed by atoms with E-state index in [1.165, 1.54) is 17.2 Å². The van der Waals surface area contributed by atoms with Crippen molar-refractivity contribution in [1.29, 1.82) is 0 Å². The minimum absolute atomic E-state index is 0.404. The van der Waals surface area contributed by atoms with Gasteiger partial charge in [-0.3, -0.25) is 4.57 Å². The van der Waals surface area contributed by atoms with Gasteiger partial charge in [0.2, 0.25) is 0 Å². The minimum atomic E-state index is -1.22. The van der Waals surface area contributed by atoms with Crippen molar-refractivity contribution in [3.8, 4) is 11.5 Å². The van der Waals surface area contributed by atoms with Gasteiger partial charge < -0.3 is 34.8 Å². The van der Waals surface area contributed by atoms with Gasteiger partial charge in [-0.15, -0.1) is 0 Å². The van der Waals surface area contributed by atoms with Crippen LogP contribution in [0.1, 0.15) is 11.8 Å². The molecule has 0 radical (unpaired) electrons. The molecule has 4 atom stereocenters. The molecule has 0 bridgehead atoms. The summed E-state index contributed by atoms with van der Waals surface area (Å²) in [6, 6.07) is 5.73. The fourth-order valence-electron chi connectivity index (χ4n) is 3.66. The van der Waals surface area contributed by atoms with Crippen molar-refractivity contribution in [2.75, 3.05) is 25.1 Å². The maximum Gasteiger partial charge on any atom is 0.167 e. The molecule has 0 amide bonds. The van der Waals surface area contributed by atoms with Gasteiger partial charge >= 0.3 is 0 Å². The number of aliphatic hydroxyl groups is 3. The summed E-state index contributed by atoms with van der Waals surface area (Å²) in [4.78, 5) is 12.9. The molecule has 2 aliphatic heterocycles. The van der Waals surface area contributed by atoms with Crippen LogP contribution in [-0.4, -0.2) is 73.0 Å². The number of anilines is 1. The van der Waals surface area contributed by atoms with Gasteiger partial charge in [0, 0.05) is 6.54 Å². The molecule has 30 heavy (non-hydrogen) atoms. The normalized spacial score (nSPS) is 25.6. The maximum atomic E-state index is 10.3. The number of rotatable bonds is 5. The smallest absolute Gasteiger partial charge is 0.167 e. The Balaban J connectivity index is 1.38. The zero-order chi connectivity index (χ0) is 20.7. The molecule has 11 heteroatoms. The monoisotopic (exact) mass is 415 g/mol. The van der Waals surface area contributed by atoms with E-state index in [2.05, 4.69) is 20.3 Å². The fourth-order valence-corrected chi connectivity index (χ4v) is 3.66. The Morgan fingerprint density at radius 1 is 1.07 bits per heavy atom. The first kappa shape index (κ1) is 19.0. The van der Waals surface area contributed by atoms with E-state index in [4.69, 9.17) is 14.2 Å². The highest BCUT2D eigenvalue weighted by Crippen LogP contribution is 2.33. The van der Waals surface area contributed by atoms with Crippen LogP contribution in [-0.2, 0) is 11.3 Å². The van der Waals surface area contributed by atoms with Crippen LogP contribution in [0.15, 0.2) is 30.9 Å². The summed E-state index contributed by atoms with van der Waals surface area (Å²) in [5, 5.41) is 32.9. The van der Waals surface area contributed by atoms with Crippen molar-refractivity contribution in [1.82, 2.24) is 19.5 Å². The van der Waals surface area contributed by atoms with Gasteiger partial charge in [-0.25, -0.2) is 15.0 Å². The molecular formula is C19H21N5O6. The number of aromatic nitrogens is 4. The average molecular weight is 415 g/mol. The highest BCUT2D eigenvalue weighted by atomic mass is 16.6. The van der Waals surface area contributed by atoms with E-state index < -0.39 is 31.1 Å². The molecule has 1 fully saturated rings. The van der Waals surface area contributed by atoms with Crippen molar-refractivity contribution in [2.24, 2.45) is 0 Å². The SMILES string of the molecule is OC[C@H]1O[C@@H](n2cnc3c(NCc4ccc5c(c4)OCCO5)ncnc32)[C@H](O)[C@@H]1O. The molecule has 5 rings (SSSR count). The number of benzene rings is 1. The predicted octanol–water partition coefficient (Wildman–Crippen LogP) is -0.179. The first-order valence-electron chi connectivity index (χ1n) is 9.58. The Bertz CT molecular complexity index is 1060. The molecule has 2 aliphatic rings. The van der Waals surface area contributed by atoms with Crippen LogP contribution in [0.5, 0.6) is 11.5 Å². The van der Waals surface area contributed by atoms with Crippen molar-refractivity contribution in [3.05, 3.63) is 36.4 Å². The highest BCUT2D eigenvalue weighted by molar-refractivity contribution is 5.82. The van der Waals surface area contributed by atoms with Gasteiger partial charge in [-0.1, -0.05) is 6.07 Å².